The summed E-state index contributed by atoms with van der Waals surface area (Å²) >= 11 is 0. The van der Waals surface area contributed by atoms with Gasteiger partial charge in [0.05, 0.1) is 10.6 Å². The first kappa shape index (κ1) is 9.97. The number of amides is 1. The average Bonchev–Trinajstić information content (AvgIpc) is 2.37. The molecule has 1 aliphatic heterocycles. The molecule has 80 valence electrons. The molecule has 0 fully saturated rings. The molecular weight excluding hydrogens is 216 g/mol. The fourth-order valence-corrected chi connectivity index (χ4v) is 3.10. The molecule has 1 aromatic rings. The number of nitrogens with one attached hydrogen (secondary N) is 1. The number of sulfone groups is 1. The second-order valence-electron chi connectivity index (χ2n) is 3.47. The van der Waals surface area contributed by atoms with Crippen molar-refractivity contribution in [1.82, 2.24) is 0 Å². The van der Waals surface area contributed by atoms with Gasteiger partial charge in [0, 0.05) is 0 Å². The third-order valence-corrected chi connectivity index (χ3v) is 4.24. The second-order valence-corrected chi connectivity index (χ2v) is 5.47. The summed E-state index contributed by atoms with van der Waals surface area (Å²) in [6.07, 6.45) is 0. The van der Waals surface area contributed by atoms with Gasteiger partial charge in [-0.2, -0.15) is 0 Å². The highest BCUT2D eigenvalue weighted by Crippen LogP contribution is 2.33. The normalized spacial score (nSPS) is 21.8. The van der Waals surface area contributed by atoms with E-state index in [1.807, 2.05) is 6.92 Å². The SMILES string of the molecule is Cc1ccc2c(c1)NC(C(N)=O)S2(=O)=O. The van der Waals surface area contributed by atoms with Crippen molar-refractivity contribution in [1.29, 1.82) is 0 Å². The maximum Gasteiger partial charge on any atom is 0.256 e. The molecule has 1 aromatic carbocycles. The van der Waals surface area contributed by atoms with Crippen LogP contribution in [0.3, 0.4) is 0 Å². The van der Waals surface area contributed by atoms with Crippen LogP contribution in [0.1, 0.15) is 5.56 Å². The summed E-state index contributed by atoms with van der Waals surface area (Å²) in [5.41, 5.74) is 6.37. The van der Waals surface area contributed by atoms with Crippen LogP contribution in [0.25, 0.3) is 0 Å². The first-order chi connectivity index (χ1) is 6.93. The summed E-state index contributed by atoms with van der Waals surface area (Å²) < 4.78 is 23.5. The minimum absolute atomic E-state index is 0.136. The van der Waals surface area contributed by atoms with Crippen molar-refractivity contribution in [3.05, 3.63) is 23.8 Å². The van der Waals surface area contributed by atoms with Gasteiger partial charge in [-0.05, 0) is 24.6 Å². The molecule has 1 heterocycles. The van der Waals surface area contributed by atoms with Crippen molar-refractivity contribution in [3.63, 3.8) is 0 Å². The van der Waals surface area contributed by atoms with Crippen LogP contribution in [0.2, 0.25) is 0 Å². The standard InChI is InChI=1S/C9H10N2O3S/c1-5-2-3-7-6(4-5)11-9(8(10)12)15(7,13)14/h2-4,9,11H,1H3,(H2,10,12). The Morgan fingerprint density at radius 2 is 2.13 bits per heavy atom. The van der Waals surface area contributed by atoms with E-state index >= 15 is 0 Å². The number of anilines is 1. The Morgan fingerprint density at radius 3 is 2.73 bits per heavy atom. The number of carbonyl (C=O) groups excluding carboxylic acids is 1. The summed E-state index contributed by atoms with van der Waals surface area (Å²) in [6.45, 7) is 1.84. The Labute approximate surface area is 87.2 Å². The number of benzene rings is 1. The maximum atomic E-state index is 11.8. The Balaban J connectivity index is 2.62. The predicted octanol–water partition coefficient (Wildman–Crippen LogP) is 0.00562. The molecule has 0 saturated carbocycles. The van der Waals surface area contributed by atoms with E-state index in [2.05, 4.69) is 5.32 Å². The van der Waals surface area contributed by atoms with Gasteiger partial charge < -0.3 is 11.1 Å². The van der Waals surface area contributed by atoms with Gasteiger partial charge in [-0.25, -0.2) is 8.42 Å². The van der Waals surface area contributed by atoms with Gasteiger partial charge in [0.2, 0.25) is 15.2 Å². The van der Waals surface area contributed by atoms with Gasteiger partial charge in [-0.15, -0.1) is 0 Å². The van der Waals surface area contributed by atoms with Crippen molar-refractivity contribution >= 4 is 21.4 Å². The number of carbonyl (C=O) groups is 1. The Kier molecular flexibility index (Phi) is 1.97. The highest BCUT2D eigenvalue weighted by atomic mass is 32.2. The molecule has 1 unspecified atom stereocenters. The van der Waals surface area contributed by atoms with Crippen LogP contribution in [0.5, 0.6) is 0 Å². The van der Waals surface area contributed by atoms with Crippen LogP contribution in [-0.4, -0.2) is 19.7 Å². The first-order valence-electron chi connectivity index (χ1n) is 4.33. The predicted molar refractivity (Wildman–Crippen MR) is 55.0 cm³/mol. The number of hydrogen-bond acceptors (Lipinski definition) is 4. The van der Waals surface area contributed by atoms with Crippen LogP contribution in [0, 0.1) is 6.92 Å². The summed E-state index contributed by atoms with van der Waals surface area (Å²) in [4.78, 5) is 11.1. The van der Waals surface area contributed by atoms with Crippen molar-refractivity contribution in [2.75, 3.05) is 5.32 Å². The average molecular weight is 226 g/mol. The van der Waals surface area contributed by atoms with E-state index in [9.17, 15) is 13.2 Å². The lowest BCUT2D eigenvalue weighted by Crippen LogP contribution is -2.37. The van der Waals surface area contributed by atoms with Gasteiger partial charge in [0.15, 0.2) is 0 Å². The van der Waals surface area contributed by atoms with Crippen molar-refractivity contribution in [2.24, 2.45) is 5.73 Å². The molecule has 0 spiro atoms. The molecule has 1 aliphatic rings. The first-order valence-corrected chi connectivity index (χ1v) is 5.88. The lowest BCUT2D eigenvalue weighted by Gasteiger charge is -2.04. The zero-order valence-corrected chi connectivity index (χ0v) is 8.84. The molecule has 0 saturated heterocycles. The second kappa shape index (κ2) is 2.96. The number of primary amides is 1. The van der Waals surface area contributed by atoms with Crippen LogP contribution in [0.4, 0.5) is 5.69 Å². The molecule has 15 heavy (non-hydrogen) atoms. The molecule has 3 N–H and O–H groups in total. The van der Waals surface area contributed by atoms with Gasteiger partial charge in [-0.1, -0.05) is 6.07 Å². The third-order valence-electron chi connectivity index (χ3n) is 2.30. The van der Waals surface area contributed by atoms with Gasteiger partial charge >= 0.3 is 0 Å². The van der Waals surface area contributed by atoms with Crippen LogP contribution in [-0.2, 0) is 14.6 Å². The quantitative estimate of drug-likeness (QED) is 0.705. The molecule has 0 bridgehead atoms. The van der Waals surface area contributed by atoms with Gasteiger partial charge in [0.1, 0.15) is 0 Å². The van der Waals surface area contributed by atoms with E-state index in [4.69, 9.17) is 5.73 Å². The molecule has 5 nitrogen and oxygen atoms in total. The molecule has 6 heteroatoms. The van der Waals surface area contributed by atoms with E-state index in [0.29, 0.717) is 5.69 Å². The van der Waals surface area contributed by atoms with Crippen molar-refractivity contribution < 1.29 is 13.2 Å². The van der Waals surface area contributed by atoms with E-state index in [1.54, 1.807) is 12.1 Å². The molecule has 1 atom stereocenters. The van der Waals surface area contributed by atoms with Crippen LogP contribution >= 0.6 is 0 Å². The molecule has 0 aromatic heterocycles. The summed E-state index contributed by atoms with van der Waals surface area (Å²) in [5, 5.41) is 1.26. The Hall–Kier alpha value is -1.56. The van der Waals surface area contributed by atoms with Gasteiger partial charge in [-0.3, -0.25) is 4.79 Å². The Morgan fingerprint density at radius 1 is 1.47 bits per heavy atom. The fourth-order valence-electron chi connectivity index (χ4n) is 1.57. The van der Waals surface area contributed by atoms with Crippen molar-refractivity contribution in [2.45, 2.75) is 17.2 Å². The van der Waals surface area contributed by atoms with E-state index in [0.717, 1.165) is 5.56 Å². The minimum Gasteiger partial charge on any atom is -0.367 e. The summed E-state index contributed by atoms with van der Waals surface area (Å²) in [7, 11) is -3.65. The van der Waals surface area contributed by atoms with E-state index in [-0.39, 0.29) is 4.90 Å². The zero-order valence-electron chi connectivity index (χ0n) is 8.02. The van der Waals surface area contributed by atoms with E-state index in [1.165, 1.54) is 6.07 Å². The Bertz CT molecular complexity index is 536. The number of hydrogen-bond donors (Lipinski definition) is 2. The number of aryl methyl sites for hydroxylation is 1. The maximum absolute atomic E-state index is 11.8. The monoisotopic (exact) mass is 226 g/mol. The number of fused-ring (bicyclic) bond motifs is 1. The topological polar surface area (TPSA) is 89.3 Å². The fraction of sp³-hybridized carbons (Fsp3) is 0.222. The van der Waals surface area contributed by atoms with Gasteiger partial charge in [0.25, 0.3) is 5.91 Å². The molecule has 0 radical (unpaired) electrons. The highest BCUT2D eigenvalue weighted by molar-refractivity contribution is 7.93. The van der Waals surface area contributed by atoms with E-state index < -0.39 is 21.1 Å². The number of rotatable bonds is 1. The third kappa shape index (κ3) is 1.37. The molecule has 0 aliphatic carbocycles. The zero-order chi connectivity index (χ0) is 11.2. The summed E-state index contributed by atoms with van der Waals surface area (Å²) in [5.74, 6) is -0.885. The smallest absolute Gasteiger partial charge is 0.256 e. The minimum atomic E-state index is -3.65. The van der Waals surface area contributed by atoms with Crippen LogP contribution < -0.4 is 11.1 Å². The lowest BCUT2D eigenvalue weighted by atomic mass is 10.2. The summed E-state index contributed by atoms with van der Waals surface area (Å²) in [6, 6.07) is 4.84. The molecular formula is C9H10N2O3S. The van der Waals surface area contributed by atoms with Crippen molar-refractivity contribution in [3.8, 4) is 0 Å². The highest BCUT2D eigenvalue weighted by Gasteiger charge is 2.40. The number of nitrogens with two attached hydrogens (primary N) is 1. The molecule has 2 rings (SSSR count). The van der Waals surface area contributed by atoms with Crippen LogP contribution in [0.15, 0.2) is 23.1 Å². The largest absolute Gasteiger partial charge is 0.367 e. The lowest BCUT2D eigenvalue weighted by molar-refractivity contribution is -0.117. The molecule has 1 amide bonds.